The van der Waals surface area contributed by atoms with Crippen molar-refractivity contribution in [3.63, 3.8) is 0 Å². The van der Waals surface area contributed by atoms with Crippen molar-refractivity contribution >= 4 is 29.2 Å². The number of rotatable bonds is 6. The first-order valence-electron chi connectivity index (χ1n) is 9.14. The lowest BCUT2D eigenvalue weighted by molar-refractivity contribution is -0.123. The van der Waals surface area contributed by atoms with Crippen molar-refractivity contribution in [2.45, 2.75) is 19.4 Å². The third kappa shape index (κ3) is 5.26. The molecule has 1 aliphatic rings. The Balaban J connectivity index is 1.55. The van der Waals surface area contributed by atoms with Gasteiger partial charge in [-0.25, -0.2) is 4.79 Å². The van der Waals surface area contributed by atoms with E-state index in [2.05, 4.69) is 10.6 Å². The second-order valence-electron chi connectivity index (χ2n) is 6.36. The Bertz CT molecular complexity index is 997. The van der Waals surface area contributed by atoms with E-state index in [1.807, 2.05) is 0 Å². The lowest BCUT2D eigenvalue weighted by Crippen LogP contribution is -2.30. The summed E-state index contributed by atoms with van der Waals surface area (Å²) < 4.78 is 16.1. The predicted molar refractivity (Wildman–Crippen MR) is 106 cm³/mol. The van der Waals surface area contributed by atoms with E-state index >= 15 is 0 Å². The number of hydrogen-bond donors (Lipinski definition) is 2. The number of carbonyl (C=O) groups is 3. The number of carbonyl (C=O) groups excluding carboxylic acids is 3. The summed E-state index contributed by atoms with van der Waals surface area (Å²) in [6, 6.07) is 12.7. The molecule has 0 bridgehead atoms. The van der Waals surface area contributed by atoms with Crippen LogP contribution in [0.2, 0.25) is 0 Å². The molecule has 0 radical (unpaired) electrons. The predicted octanol–water partition coefficient (Wildman–Crippen LogP) is 2.49. The van der Waals surface area contributed by atoms with Gasteiger partial charge in [0.05, 0.1) is 11.6 Å². The third-order valence-electron chi connectivity index (χ3n) is 4.11. The summed E-state index contributed by atoms with van der Waals surface area (Å²) in [6.07, 6.45) is -1.31. The third-order valence-corrected chi connectivity index (χ3v) is 4.11. The van der Waals surface area contributed by atoms with Crippen LogP contribution in [0.15, 0.2) is 42.5 Å². The highest BCUT2D eigenvalue weighted by molar-refractivity contribution is 5.98. The standard InChI is InChI=1S/C21H19N3O6/c1-13(20(26)24-16-6-7-17-18(12-16)29-11-10-28-17)30-21(27)14-2-4-15(5-3-14)23-19(25)8-9-22/h2-7,12-13H,8,10-11H2,1H3,(H,23,25)(H,24,26)/t13-/m0/s1. The van der Waals surface area contributed by atoms with Crippen LogP contribution in [0.3, 0.4) is 0 Å². The number of ether oxygens (including phenoxy) is 3. The van der Waals surface area contributed by atoms with Crippen molar-refractivity contribution in [2.24, 2.45) is 0 Å². The molecule has 0 aliphatic carbocycles. The van der Waals surface area contributed by atoms with E-state index in [4.69, 9.17) is 19.5 Å². The van der Waals surface area contributed by atoms with E-state index in [1.165, 1.54) is 31.2 Å². The van der Waals surface area contributed by atoms with E-state index in [1.54, 1.807) is 24.3 Å². The Morgan fingerprint density at radius 1 is 1.03 bits per heavy atom. The fourth-order valence-electron chi connectivity index (χ4n) is 2.61. The maximum atomic E-state index is 12.4. The Labute approximate surface area is 172 Å². The molecule has 9 nitrogen and oxygen atoms in total. The molecule has 9 heteroatoms. The number of amides is 2. The molecule has 0 saturated carbocycles. The summed E-state index contributed by atoms with van der Waals surface area (Å²) in [5, 5.41) is 13.7. The molecule has 0 unspecified atom stereocenters. The fourth-order valence-corrected chi connectivity index (χ4v) is 2.61. The van der Waals surface area contributed by atoms with Gasteiger partial charge in [-0.15, -0.1) is 0 Å². The van der Waals surface area contributed by atoms with Crippen LogP contribution in [0.1, 0.15) is 23.7 Å². The van der Waals surface area contributed by atoms with Gasteiger partial charge in [-0.2, -0.15) is 5.26 Å². The van der Waals surface area contributed by atoms with Gasteiger partial charge in [0.2, 0.25) is 5.91 Å². The zero-order chi connectivity index (χ0) is 21.5. The van der Waals surface area contributed by atoms with Gasteiger partial charge >= 0.3 is 5.97 Å². The second kappa shape index (κ2) is 9.43. The Morgan fingerprint density at radius 3 is 2.40 bits per heavy atom. The van der Waals surface area contributed by atoms with Gasteiger partial charge in [0.25, 0.3) is 5.91 Å². The van der Waals surface area contributed by atoms with Crippen LogP contribution in [0.5, 0.6) is 11.5 Å². The average Bonchev–Trinajstić information content (AvgIpc) is 2.74. The molecule has 2 N–H and O–H groups in total. The van der Waals surface area contributed by atoms with Crippen LogP contribution in [0.25, 0.3) is 0 Å². The van der Waals surface area contributed by atoms with Gasteiger partial charge in [0.1, 0.15) is 19.6 Å². The highest BCUT2D eigenvalue weighted by atomic mass is 16.6. The normalized spacial score (nSPS) is 12.8. The molecule has 2 aromatic carbocycles. The molecule has 3 rings (SSSR count). The molecule has 1 heterocycles. The Kier molecular flexibility index (Phi) is 6.49. The number of esters is 1. The van der Waals surface area contributed by atoms with Crippen molar-refractivity contribution in [3.8, 4) is 17.6 Å². The van der Waals surface area contributed by atoms with Crippen LogP contribution in [-0.2, 0) is 14.3 Å². The van der Waals surface area contributed by atoms with E-state index in [0.717, 1.165) is 0 Å². The van der Waals surface area contributed by atoms with E-state index in [9.17, 15) is 14.4 Å². The number of anilines is 2. The number of nitrogens with zero attached hydrogens (tertiary/aromatic N) is 1. The lowest BCUT2D eigenvalue weighted by atomic mass is 10.2. The highest BCUT2D eigenvalue weighted by Crippen LogP contribution is 2.32. The molecule has 1 aliphatic heterocycles. The summed E-state index contributed by atoms with van der Waals surface area (Å²) in [5.41, 5.74) is 1.15. The monoisotopic (exact) mass is 409 g/mol. The fraction of sp³-hybridized carbons (Fsp3) is 0.238. The molecule has 0 spiro atoms. The molecule has 1 atom stereocenters. The molecule has 0 saturated heterocycles. The van der Waals surface area contributed by atoms with Gasteiger partial charge in [0.15, 0.2) is 17.6 Å². The quantitative estimate of drug-likeness (QED) is 0.702. The first-order chi connectivity index (χ1) is 14.5. The van der Waals surface area contributed by atoms with Crippen LogP contribution in [0.4, 0.5) is 11.4 Å². The summed E-state index contributed by atoms with van der Waals surface area (Å²) in [6.45, 7) is 2.36. The molecule has 30 heavy (non-hydrogen) atoms. The smallest absolute Gasteiger partial charge is 0.338 e. The molecule has 0 aromatic heterocycles. The zero-order valence-electron chi connectivity index (χ0n) is 16.1. The van der Waals surface area contributed by atoms with Crippen LogP contribution in [-0.4, -0.2) is 37.1 Å². The van der Waals surface area contributed by atoms with Gasteiger partial charge in [-0.1, -0.05) is 0 Å². The maximum absolute atomic E-state index is 12.4. The number of fused-ring (bicyclic) bond motifs is 1. The lowest BCUT2D eigenvalue weighted by Gasteiger charge is -2.19. The molecule has 0 fully saturated rings. The van der Waals surface area contributed by atoms with E-state index < -0.39 is 23.9 Å². The van der Waals surface area contributed by atoms with Crippen molar-refractivity contribution in [1.82, 2.24) is 0 Å². The minimum Gasteiger partial charge on any atom is -0.486 e. The largest absolute Gasteiger partial charge is 0.486 e. The molecule has 154 valence electrons. The maximum Gasteiger partial charge on any atom is 0.338 e. The first kappa shape index (κ1) is 20.7. The highest BCUT2D eigenvalue weighted by Gasteiger charge is 2.20. The van der Waals surface area contributed by atoms with Crippen molar-refractivity contribution in [3.05, 3.63) is 48.0 Å². The van der Waals surface area contributed by atoms with E-state index in [0.29, 0.717) is 36.1 Å². The number of hydrogen-bond acceptors (Lipinski definition) is 7. The molecule has 2 aromatic rings. The van der Waals surface area contributed by atoms with Gasteiger partial charge in [-0.3, -0.25) is 9.59 Å². The first-order valence-corrected chi connectivity index (χ1v) is 9.14. The molecular formula is C21H19N3O6. The summed E-state index contributed by atoms with van der Waals surface area (Å²) >= 11 is 0. The Hall–Kier alpha value is -4.06. The van der Waals surface area contributed by atoms with Crippen LogP contribution < -0.4 is 20.1 Å². The van der Waals surface area contributed by atoms with Crippen LogP contribution in [0, 0.1) is 11.3 Å². The zero-order valence-corrected chi connectivity index (χ0v) is 16.1. The summed E-state index contributed by atoms with van der Waals surface area (Å²) in [4.78, 5) is 36.0. The van der Waals surface area contributed by atoms with E-state index in [-0.39, 0.29) is 12.0 Å². The van der Waals surface area contributed by atoms with Gasteiger partial charge in [-0.05, 0) is 43.3 Å². The minimum absolute atomic E-state index is 0.215. The summed E-state index contributed by atoms with van der Waals surface area (Å²) in [7, 11) is 0. The van der Waals surface area contributed by atoms with Crippen molar-refractivity contribution in [2.75, 3.05) is 23.8 Å². The number of nitrogens with one attached hydrogen (secondary N) is 2. The van der Waals surface area contributed by atoms with Crippen molar-refractivity contribution in [1.29, 1.82) is 5.26 Å². The average molecular weight is 409 g/mol. The minimum atomic E-state index is -1.04. The van der Waals surface area contributed by atoms with Gasteiger partial charge < -0.3 is 24.8 Å². The van der Waals surface area contributed by atoms with Crippen molar-refractivity contribution < 1.29 is 28.6 Å². The Morgan fingerprint density at radius 2 is 1.70 bits per heavy atom. The van der Waals surface area contributed by atoms with Crippen LogP contribution >= 0.6 is 0 Å². The second-order valence-corrected chi connectivity index (χ2v) is 6.36. The molecule has 2 amide bonds. The topological polar surface area (TPSA) is 127 Å². The SMILES string of the molecule is C[C@H](OC(=O)c1ccc(NC(=O)CC#N)cc1)C(=O)Nc1ccc2c(c1)OCCO2. The van der Waals surface area contributed by atoms with Gasteiger partial charge in [0, 0.05) is 17.4 Å². The summed E-state index contributed by atoms with van der Waals surface area (Å²) in [5.74, 6) is -0.496. The number of nitriles is 1. The molecular weight excluding hydrogens is 390 g/mol. The number of benzene rings is 2.